The first-order valence-corrected chi connectivity index (χ1v) is 12.4. The van der Waals surface area contributed by atoms with Gasteiger partial charge in [-0.15, -0.1) is 0 Å². The fraction of sp³-hybridized carbons (Fsp3) is 0.333. The Morgan fingerprint density at radius 1 is 0.947 bits per heavy atom. The third kappa shape index (κ3) is 7.84. The summed E-state index contributed by atoms with van der Waals surface area (Å²) in [6.45, 7) is 7.86. The van der Waals surface area contributed by atoms with Crippen LogP contribution in [0.2, 0.25) is 0 Å². The lowest BCUT2D eigenvalue weighted by molar-refractivity contribution is -0.136. The monoisotopic (exact) mass is 527 g/mol. The average molecular weight is 528 g/mol. The zero-order valence-corrected chi connectivity index (χ0v) is 21.9. The summed E-state index contributed by atoms with van der Waals surface area (Å²) in [6.07, 6.45) is 0.656. The van der Waals surface area contributed by atoms with Crippen LogP contribution < -0.4 is 10.1 Å². The van der Waals surface area contributed by atoms with Crippen LogP contribution in [0.15, 0.2) is 48.5 Å². The number of benzene rings is 3. The van der Waals surface area contributed by atoms with Gasteiger partial charge >= 0.3 is 5.97 Å². The second-order valence-corrected chi connectivity index (χ2v) is 9.95. The van der Waals surface area contributed by atoms with Crippen molar-refractivity contribution in [2.75, 3.05) is 0 Å². The lowest BCUT2D eigenvalue weighted by Gasteiger charge is -2.23. The molecule has 3 aromatic carbocycles. The molecule has 1 atom stereocenters. The molecule has 3 aromatic rings. The number of hydrogen-bond donors (Lipinski definition) is 2. The van der Waals surface area contributed by atoms with E-state index in [4.69, 9.17) is 9.84 Å². The van der Waals surface area contributed by atoms with Crippen molar-refractivity contribution in [2.45, 2.75) is 59.6 Å². The van der Waals surface area contributed by atoms with Crippen molar-refractivity contribution in [2.24, 2.45) is 5.92 Å². The zero-order valence-electron chi connectivity index (χ0n) is 21.9. The summed E-state index contributed by atoms with van der Waals surface area (Å²) in [6, 6.07) is 12.2. The van der Waals surface area contributed by atoms with E-state index < -0.39 is 23.4 Å². The lowest BCUT2D eigenvalue weighted by atomic mass is 9.93. The smallest absolute Gasteiger partial charge is 0.303 e. The van der Waals surface area contributed by atoms with E-state index in [1.165, 1.54) is 6.07 Å². The van der Waals surface area contributed by atoms with E-state index in [2.05, 4.69) is 25.2 Å². The summed E-state index contributed by atoms with van der Waals surface area (Å²) >= 11 is 0. The highest BCUT2D eigenvalue weighted by atomic mass is 19.2. The Morgan fingerprint density at radius 2 is 1.58 bits per heavy atom. The van der Waals surface area contributed by atoms with Crippen molar-refractivity contribution >= 4 is 11.9 Å². The number of rotatable bonds is 11. The lowest BCUT2D eigenvalue weighted by Crippen LogP contribution is -2.30. The predicted octanol–water partition coefficient (Wildman–Crippen LogP) is 6.83. The summed E-state index contributed by atoms with van der Waals surface area (Å²) in [4.78, 5) is 24.7. The Labute approximate surface area is 220 Å². The Bertz CT molecular complexity index is 1280. The minimum atomic E-state index is -1.56. The number of carboxylic acid groups (broad SMARTS) is 1. The Hall–Kier alpha value is -3.81. The largest absolute Gasteiger partial charge is 0.489 e. The maximum Gasteiger partial charge on any atom is 0.303 e. The number of nitrogens with one attached hydrogen (secondary N) is 1. The van der Waals surface area contributed by atoms with Gasteiger partial charge in [0.15, 0.2) is 17.5 Å². The summed E-state index contributed by atoms with van der Waals surface area (Å²) in [5, 5.41) is 12.3. The van der Waals surface area contributed by atoms with E-state index in [1.54, 1.807) is 12.1 Å². The van der Waals surface area contributed by atoms with Crippen molar-refractivity contribution in [1.29, 1.82) is 0 Å². The molecular weight excluding hydrogens is 495 g/mol. The quantitative estimate of drug-likeness (QED) is 0.268. The Balaban J connectivity index is 1.90. The molecule has 1 amide bonds. The molecule has 5 nitrogen and oxygen atoms in total. The maximum absolute atomic E-state index is 13.6. The SMILES string of the molecule is Cc1cc(C)cc(C(CC(C)C)NC(=O)c2cc(OCc3cc(F)c(F)c(F)c3)ccc2CCC(=O)O)c1. The van der Waals surface area contributed by atoms with Gasteiger partial charge in [0, 0.05) is 12.0 Å². The molecule has 0 radical (unpaired) electrons. The molecule has 1 unspecified atom stereocenters. The second kappa shape index (κ2) is 12.6. The van der Waals surface area contributed by atoms with Crippen LogP contribution in [0.25, 0.3) is 0 Å². The summed E-state index contributed by atoms with van der Waals surface area (Å²) in [5.74, 6) is -5.06. The number of ether oxygens (including phenoxy) is 1. The Morgan fingerprint density at radius 3 is 2.16 bits per heavy atom. The second-order valence-electron chi connectivity index (χ2n) is 9.95. The van der Waals surface area contributed by atoms with E-state index >= 15 is 0 Å². The third-order valence-corrected chi connectivity index (χ3v) is 6.04. The number of halogens is 3. The van der Waals surface area contributed by atoms with Gasteiger partial charge in [-0.05, 0) is 73.6 Å². The molecule has 0 saturated carbocycles. The van der Waals surface area contributed by atoms with Crippen LogP contribution in [0, 0.1) is 37.2 Å². The summed E-state index contributed by atoms with van der Waals surface area (Å²) in [7, 11) is 0. The van der Waals surface area contributed by atoms with Gasteiger partial charge in [0.25, 0.3) is 5.91 Å². The molecule has 0 bridgehead atoms. The van der Waals surface area contributed by atoms with E-state index in [0.29, 0.717) is 17.9 Å². The van der Waals surface area contributed by atoms with Crippen LogP contribution in [0.1, 0.15) is 70.9 Å². The first kappa shape index (κ1) is 28.8. The first-order valence-electron chi connectivity index (χ1n) is 12.4. The van der Waals surface area contributed by atoms with Crippen molar-refractivity contribution in [1.82, 2.24) is 5.32 Å². The number of aryl methyl sites for hydroxylation is 3. The van der Waals surface area contributed by atoms with Gasteiger partial charge in [0.1, 0.15) is 12.4 Å². The zero-order chi connectivity index (χ0) is 28.0. The molecule has 0 spiro atoms. The molecular formula is C30H32F3NO4. The average Bonchev–Trinajstić information content (AvgIpc) is 2.83. The molecule has 0 aliphatic rings. The highest BCUT2D eigenvalue weighted by molar-refractivity contribution is 5.96. The van der Waals surface area contributed by atoms with E-state index in [0.717, 1.165) is 28.8 Å². The van der Waals surface area contributed by atoms with Gasteiger partial charge < -0.3 is 15.2 Å². The molecule has 0 heterocycles. The standard InChI is InChI=1S/C30H32F3NO4/c1-17(2)9-27(22-11-18(3)10-19(4)12-22)34-30(37)24-15-23(7-5-21(24)6-8-28(35)36)38-16-20-13-25(31)29(33)26(32)14-20/h5,7,10-15,17,27H,6,8-9,16H2,1-4H3,(H,34,37)(H,35,36). The van der Waals surface area contributed by atoms with Crippen LogP contribution in [0.5, 0.6) is 5.75 Å². The van der Waals surface area contributed by atoms with Gasteiger partial charge in [-0.3, -0.25) is 9.59 Å². The molecule has 38 heavy (non-hydrogen) atoms. The fourth-order valence-corrected chi connectivity index (χ4v) is 4.37. The third-order valence-electron chi connectivity index (χ3n) is 6.04. The molecule has 0 aliphatic heterocycles. The molecule has 3 rings (SSSR count). The number of carbonyl (C=O) groups is 2. The van der Waals surface area contributed by atoms with E-state index in [-0.39, 0.29) is 48.3 Å². The molecule has 8 heteroatoms. The molecule has 0 fully saturated rings. The predicted molar refractivity (Wildman–Crippen MR) is 139 cm³/mol. The van der Waals surface area contributed by atoms with Gasteiger partial charge in [0.05, 0.1) is 6.04 Å². The van der Waals surface area contributed by atoms with Gasteiger partial charge in [0.2, 0.25) is 0 Å². The first-order chi connectivity index (χ1) is 17.9. The van der Waals surface area contributed by atoms with Crippen molar-refractivity contribution in [3.05, 3.63) is 99.4 Å². The number of carbonyl (C=O) groups excluding carboxylic acids is 1. The van der Waals surface area contributed by atoms with Crippen LogP contribution in [0.4, 0.5) is 13.2 Å². The van der Waals surface area contributed by atoms with Gasteiger partial charge in [-0.1, -0.05) is 49.2 Å². The van der Waals surface area contributed by atoms with Gasteiger partial charge in [-0.25, -0.2) is 13.2 Å². The normalized spacial score (nSPS) is 11.9. The van der Waals surface area contributed by atoms with Crippen LogP contribution in [-0.4, -0.2) is 17.0 Å². The molecule has 0 aliphatic carbocycles. The molecule has 202 valence electrons. The van der Waals surface area contributed by atoms with Crippen molar-refractivity contribution in [3.63, 3.8) is 0 Å². The number of aliphatic carboxylic acids is 1. The Kier molecular flexibility index (Phi) is 9.55. The van der Waals surface area contributed by atoms with Crippen LogP contribution in [-0.2, 0) is 17.8 Å². The highest BCUT2D eigenvalue weighted by Crippen LogP contribution is 2.26. The van der Waals surface area contributed by atoms with Crippen LogP contribution >= 0.6 is 0 Å². The molecule has 2 N–H and O–H groups in total. The number of carboxylic acids is 1. The molecule has 0 saturated heterocycles. The fourth-order valence-electron chi connectivity index (χ4n) is 4.37. The number of hydrogen-bond acceptors (Lipinski definition) is 3. The topological polar surface area (TPSA) is 75.6 Å². The van der Waals surface area contributed by atoms with E-state index in [1.807, 2.05) is 26.0 Å². The van der Waals surface area contributed by atoms with Crippen molar-refractivity contribution in [3.8, 4) is 5.75 Å². The summed E-state index contributed by atoms with van der Waals surface area (Å²) < 4.78 is 46.0. The maximum atomic E-state index is 13.6. The minimum Gasteiger partial charge on any atom is -0.489 e. The highest BCUT2D eigenvalue weighted by Gasteiger charge is 2.21. The minimum absolute atomic E-state index is 0.0779. The summed E-state index contributed by atoms with van der Waals surface area (Å²) in [5.41, 5.74) is 3.99. The van der Waals surface area contributed by atoms with Crippen LogP contribution in [0.3, 0.4) is 0 Å². The molecule has 0 aromatic heterocycles. The van der Waals surface area contributed by atoms with Crippen molar-refractivity contribution < 1.29 is 32.6 Å². The van der Waals surface area contributed by atoms with E-state index in [9.17, 15) is 22.8 Å². The number of amides is 1. The van der Waals surface area contributed by atoms with Gasteiger partial charge in [-0.2, -0.15) is 0 Å².